The van der Waals surface area contributed by atoms with Crippen LogP contribution in [-0.2, 0) is 0 Å². The number of hydrogen-bond donors (Lipinski definition) is 0. The van der Waals surface area contributed by atoms with Gasteiger partial charge in [0.05, 0.1) is 0 Å². The lowest BCUT2D eigenvalue weighted by molar-refractivity contribution is 0.616. The minimum absolute atomic E-state index is 0.484. The first-order chi connectivity index (χ1) is 22.3. The summed E-state index contributed by atoms with van der Waals surface area (Å²) >= 11 is 0. The quantitative estimate of drug-likeness (QED) is 0.125. The van der Waals surface area contributed by atoms with Crippen LogP contribution >= 0.6 is 0 Å². The van der Waals surface area contributed by atoms with Crippen LogP contribution in [0.5, 0.6) is 0 Å². The van der Waals surface area contributed by atoms with E-state index >= 15 is 0 Å². The molecule has 3 rings (SSSR count). The Kier molecular flexibility index (Phi) is 14.3. The van der Waals surface area contributed by atoms with Crippen molar-refractivity contribution in [2.75, 3.05) is 11.9 Å². The predicted molar refractivity (Wildman–Crippen MR) is 206 cm³/mol. The van der Waals surface area contributed by atoms with Gasteiger partial charge in [-0.25, -0.2) is 0 Å². The lowest BCUT2D eigenvalue weighted by Gasteiger charge is -2.26. The van der Waals surface area contributed by atoms with Gasteiger partial charge in [-0.2, -0.15) is 0 Å². The Hall–Kier alpha value is -4.69. The number of benzene rings is 2. The zero-order valence-corrected chi connectivity index (χ0v) is 29.1. The Balaban J connectivity index is 2.16. The molecule has 0 amide bonds. The molecule has 0 aromatic heterocycles. The lowest BCUT2D eigenvalue weighted by Crippen LogP contribution is -2.27. The molecule has 2 nitrogen and oxygen atoms in total. The van der Waals surface area contributed by atoms with Crippen LogP contribution in [0.3, 0.4) is 0 Å². The van der Waals surface area contributed by atoms with Gasteiger partial charge in [0, 0.05) is 18.9 Å². The zero-order chi connectivity index (χ0) is 33.5. The molecule has 0 saturated carbocycles. The second-order valence-corrected chi connectivity index (χ2v) is 11.6. The normalized spacial score (nSPS) is 16.7. The van der Waals surface area contributed by atoms with Crippen molar-refractivity contribution < 1.29 is 0 Å². The van der Waals surface area contributed by atoms with Gasteiger partial charge in [0.1, 0.15) is 5.84 Å². The Labute approximate surface area is 279 Å². The summed E-state index contributed by atoms with van der Waals surface area (Å²) in [6.07, 6.45) is 30.5. The van der Waals surface area contributed by atoms with Crippen molar-refractivity contribution in [1.82, 2.24) is 0 Å². The largest absolute Gasteiger partial charge is 0.302 e. The van der Waals surface area contributed by atoms with E-state index in [0.717, 1.165) is 47.5 Å². The van der Waals surface area contributed by atoms with Gasteiger partial charge in [0.15, 0.2) is 0 Å². The van der Waals surface area contributed by atoms with Crippen molar-refractivity contribution in [2.24, 2.45) is 10.9 Å². The molecule has 0 fully saturated rings. The molecular formula is C44H52N2. The first-order valence-electron chi connectivity index (χ1n) is 16.4. The summed E-state index contributed by atoms with van der Waals surface area (Å²) in [5, 5.41) is 0. The van der Waals surface area contributed by atoms with E-state index in [1.54, 1.807) is 0 Å². The molecular weight excluding hydrogens is 556 g/mol. The number of hydrogen-bond acceptors (Lipinski definition) is 1. The van der Waals surface area contributed by atoms with Crippen molar-refractivity contribution in [1.29, 1.82) is 0 Å². The van der Waals surface area contributed by atoms with Crippen LogP contribution in [-0.4, -0.2) is 12.9 Å². The summed E-state index contributed by atoms with van der Waals surface area (Å²) < 4.78 is 0. The number of allylic oxidation sites excluding steroid dienone is 16. The fraction of sp³-hybridized carbons (Fsp3) is 0.250. The van der Waals surface area contributed by atoms with Crippen molar-refractivity contribution in [3.8, 4) is 0 Å². The standard InChI is InChI=1S/C44H52N2/c1-10-15-24-36(13-4)44(45-9)46(43-26-19-17-23-35(43)8)30-29-38(20-11-2)40-28-27-34(7)42(32-40)41(21-12-3)37(14-5)31-39-25-18-16-22-33(39)6/h10-12,14-24,26-30,32,39H,2,5,13,25,31H2,1,3-4,6-9H3/b15-10-,21-12-,30-29?,36-24+,38-20+,41-37-,45-44?. The third-order valence-corrected chi connectivity index (χ3v) is 8.49. The van der Waals surface area contributed by atoms with E-state index < -0.39 is 0 Å². The van der Waals surface area contributed by atoms with Crippen molar-refractivity contribution in [3.05, 3.63) is 174 Å². The topological polar surface area (TPSA) is 15.6 Å². The maximum absolute atomic E-state index is 4.80. The van der Waals surface area contributed by atoms with Crippen LogP contribution in [0.15, 0.2) is 156 Å². The number of nitrogens with zero attached hydrogens (tertiary/aromatic N) is 2. The molecule has 0 saturated heterocycles. The van der Waals surface area contributed by atoms with Gasteiger partial charge in [-0.3, -0.25) is 4.99 Å². The Morgan fingerprint density at radius 1 is 0.978 bits per heavy atom. The van der Waals surface area contributed by atoms with Crippen LogP contribution < -0.4 is 4.90 Å². The fourth-order valence-corrected chi connectivity index (χ4v) is 5.82. The highest BCUT2D eigenvalue weighted by molar-refractivity contribution is 6.11. The smallest absolute Gasteiger partial charge is 0.135 e. The fourth-order valence-electron chi connectivity index (χ4n) is 5.82. The van der Waals surface area contributed by atoms with E-state index in [0.29, 0.717) is 5.92 Å². The van der Waals surface area contributed by atoms with Gasteiger partial charge < -0.3 is 4.90 Å². The number of rotatable bonds is 13. The number of aryl methyl sites for hydroxylation is 2. The SMILES string of the molecule is C=C/C=C(\C=CN(C(=NC)/C(=C/C=C\C)CC)c1ccccc1C)c1ccc(C)c(C(/C=C\C)=C(/C=C)CC2CC=CC=C2C)c1. The van der Waals surface area contributed by atoms with Crippen molar-refractivity contribution in [2.45, 2.75) is 60.8 Å². The minimum Gasteiger partial charge on any atom is -0.302 e. The van der Waals surface area contributed by atoms with Gasteiger partial charge in [-0.15, -0.1) is 0 Å². The lowest BCUT2D eigenvalue weighted by atomic mass is 9.83. The summed E-state index contributed by atoms with van der Waals surface area (Å²) in [7, 11) is 1.87. The Morgan fingerprint density at radius 2 is 1.76 bits per heavy atom. The summed E-state index contributed by atoms with van der Waals surface area (Å²) in [4.78, 5) is 7.00. The molecule has 0 N–H and O–H groups in total. The highest BCUT2D eigenvalue weighted by atomic mass is 15.2. The van der Waals surface area contributed by atoms with Crippen LogP contribution in [0.25, 0.3) is 11.1 Å². The molecule has 1 aliphatic rings. The average molecular weight is 609 g/mol. The van der Waals surface area contributed by atoms with Crippen LogP contribution in [0.1, 0.15) is 69.2 Å². The Bertz CT molecular complexity index is 1660. The maximum atomic E-state index is 4.80. The molecule has 1 aliphatic carbocycles. The molecule has 1 unspecified atom stereocenters. The summed E-state index contributed by atoms with van der Waals surface area (Å²) in [6, 6.07) is 15.2. The van der Waals surface area contributed by atoms with Crippen LogP contribution in [0.2, 0.25) is 0 Å². The molecule has 46 heavy (non-hydrogen) atoms. The van der Waals surface area contributed by atoms with Gasteiger partial charge in [-0.05, 0) is 123 Å². The van der Waals surface area contributed by atoms with E-state index in [-0.39, 0.29) is 0 Å². The minimum atomic E-state index is 0.484. The molecule has 0 heterocycles. The van der Waals surface area contributed by atoms with E-state index in [9.17, 15) is 0 Å². The maximum Gasteiger partial charge on any atom is 0.135 e. The molecule has 0 spiro atoms. The van der Waals surface area contributed by atoms with Crippen molar-refractivity contribution in [3.63, 3.8) is 0 Å². The monoisotopic (exact) mass is 608 g/mol. The molecule has 2 aromatic carbocycles. The molecule has 2 heteroatoms. The summed E-state index contributed by atoms with van der Waals surface area (Å²) in [5.74, 6) is 1.40. The number of amidine groups is 1. The second kappa shape index (κ2) is 18.3. The van der Waals surface area contributed by atoms with E-state index in [4.69, 9.17) is 4.99 Å². The van der Waals surface area contributed by atoms with Gasteiger partial charge in [-0.1, -0.05) is 123 Å². The zero-order valence-electron chi connectivity index (χ0n) is 29.1. The van der Waals surface area contributed by atoms with Gasteiger partial charge >= 0.3 is 0 Å². The van der Waals surface area contributed by atoms with E-state index in [1.807, 2.05) is 26.1 Å². The summed E-state index contributed by atoms with van der Waals surface area (Å²) in [5.41, 5.74) is 12.0. The average Bonchev–Trinajstić information content (AvgIpc) is 3.06. The van der Waals surface area contributed by atoms with Crippen molar-refractivity contribution >= 4 is 22.7 Å². The van der Waals surface area contributed by atoms with Crippen LogP contribution in [0, 0.1) is 19.8 Å². The molecule has 238 valence electrons. The molecule has 2 aromatic rings. The van der Waals surface area contributed by atoms with E-state index in [1.165, 1.54) is 33.4 Å². The highest BCUT2D eigenvalue weighted by Gasteiger charge is 2.18. The predicted octanol–water partition coefficient (Wildman–Crippen LogP) is 12.3. The first kappa shape index (κ1) is 35.8. The number of aliphatic imine (C=N–C) groups is 1. The molecule has 0 aliphatic heterocycles. The van der Waals surface area contributed by atoms with Gasteiger partial charge in [0.2, 0.25) is 0 Å². The molecule has 0 radical (unpaired) electrons. The third-order valence-electron chi connectivity index (χ3n) is 8.49. The summed E-state index contributed by atoms with van der Waals surface area (Å²) in [6.45, 7) is 21.2. The van der Waals surface area contributed by atoms with Crippen LogP contribution in [0.4, 0.5) is 5.69 Å². The van der Waals surface area contributed by atoms with E-state index in [2.05, 4.69) is 162 Å². The van der Waals surface area contributed by atoms with Gasteiger partial charge in [0.25, 0.3) is 0 Å². The third kappa shape index (κ3) is 9.17. The Morgan fingerprint density at radius 3 is 2.39 bits per heavy atom. The number of anilines is 1. The molecule has 0 bridgehead atoms. The number of para-hydroxylation sites is 1. The first-order valence-corrected chi connectivity index (χ1v) is 16.4. The highest BCUT2D eigenvalue weighted by Crippen LogP contribution is 2.34. The molecule has 1 atom stereocenters. The second-order valence-electron chi connectivity index (χ2n) is 11.6.